The number of halogens is 5. The van der Waals surface area contributed by atoms with Crippen molar-refractivity contribution in [1.29, 1.82) is 0 Å². The highest BCUT2D eigenvalue weighted by atomic mass is 19.4. The number of ether oxygens (including phenoxy) is 1. The van der Waals surface area contributed by atoms with Gasteiger partial charge in [0.1, 0.15) is 5.69 Å². The van der Waals surface area contributed by atoms with E-state index in [2.05, 4.69) is 9.72 Å². The molecule has 0 saturated carbocycles. The van der Waals surface area contributed by atoms with Crippen LogP contribution < -0.4 is 10.5 Å². The summed E-state index contributed by atoms with van der Waals surface area (Å²) >= 11 is 0. The summed E-state index contributed by atoms with van der Waals surface area (Å²) in [7, 11) is 0. The van der Waals surface area contributed by atoms with Crippen molar-refractivity contribution >= 4 is 6.29 Å². The molecule has 4 nitrogen and oxygen atoms in total. The van der Waals surface area contributed by atoms with Crippen molar-refractivity contribution < 1.29 is 31.5 Å². The topological polar surface area (TPSA) is 65.2 Å². The van der Waals surface area contributed by atoms with Crippen molar-refractivity contribution in [2.45, 2.75) is 19.3 Å². The number of aldehydes is 1. The van der Waals surface area contributed by atoms with Gasteiger partial charge >= 0.3 is 6.36 Å². The third-order valence-electron chi connectivity index (χ3n) is 1.98. The maximum absolute atomic E-state index is 12.5. The van der Waals surface area contributed by atoms with Crippen LogP contribution in [0.3, 0.4) is 0 Å². The predicted octanol–water partition coefficient (Wildman–Crippen LogP) is 2.19. The zero-order valence-electron chi connectivity index (χ0n) is 8.67. The lowest BCUT2D eigenvalue weighted by atomic mass is 10.1. The van der Waals surface area contributed by atoms with Crippen molar-refractivity contribution in [3.63, 3.8) is 0 Å². The summed E-state index contributed by atoms with van der Waals surface area (Å²) in [6.45, 7) is -0.560. The number of pyridine rings is 1. The Labute approximate surface area is 97.6 Å². The van der Waals surface area contributed by atoms with Gasteiger partial charge in [-0.05, 0) is 0 Å². The normalized spacial score (nSPS) is 11.7. The van der Waals surface area contributed by atoms with Gasteiger partial charge in [-0.15, -0.1) is 13.2 Å². The first kappa shape index (κ1) is 14.3. The van der Waals surface area contributed by atoms with E-state index in [0.717, 1.165) is 0 Å². The minimum absolute atomic E-state index is 0.0309. The molecule has 2 N–H and O–H groups in total. The molecular weight excluding hydrogens is 263 g/mol. The summed E-state index contributed by atoms with van der Waals surface area (Å²) in [5.41, 5.74) is 3.14. The first-order chi connectivity index (χ1) is 8.30. The van der Waals surface area contributed by atoms with Gasteiger partial charge in [0, 0.05) is 12.1 Å². The molecule has 0 atom stereocenters. The molecule has 0 spiro atoms. The van der Waals surface area contributed by atoms with Gasteiger partial charge in [-0.1, -0.05) is 0 Å². The van der Waals surface area contributed by atoms with Crippen LogP contribution in [0.5, 0.6) is 5.75 Å². The van der Waals surface area contributed by atoms with Gasteiger partial charge in [0.25, 0.3) is 6.43 Å². The van der Waals surface area contributed by atoms with Crippen molar-refractivity contribution in [2.75, 3.05) is 0 Å². The quantitative estimate of drug-likeness (QED) is 0.672. The summed E-state index contributed by atoms with van der Waals surface area (Å²) in [5, 5.41) is 0. The summed E-state index contributed by atoms with van der Waals surface area (Å²) in [6.07, 6.45) is -7.73. The van der Waals surface area contributed by atoms with Crippen LogP contribution in [0.2, 0.25) is 0 Å². The van der Waals surface area contributed by atoms with Gasteiger partial charge in [-0.25, -0.2) is 8.78 Å². The Kier molecular flexibility index (Phi) is 4.17. The average Bonchev–Trinajstić information content (AvgIpc) is 2.25. The second kappa shape index (κ2) is 5.25. The lowest BCUT2D eigenvalue weighted by molar-refractivity contribution is -0.274. The molecule has 18 heavy (non-hydrogen) atoms. The third-order valence-corrected chi connectivity index (χ3v) is 1.98. The van der Waals surface area contributed by atoms with E-state index in [1.165, 1.54) is 0 Å². The van der Waals surface area contributed by atoms with E-state index in [9.17, 15) is 26.7 Å². The summed E-state index contributed by atoms with van der Waals surface area (Å²) < 4.78 is 64.5. The van der Waals surface area contributed by atoms with E-state index in [1.807, 2.05) is 0 Å². The van der Waals surface area contributed by atoms with E-state index in [1.54, 1.807) is 0 Å². The van der Waals surface area contributed by atoms with E-state index in [4.69, 9.17) is 5.73 Å². The molecule has 1 aromatic heterocycles. The van der Waals surface area contributed by atoms with E-state index in [-0.39, 0.29) is 6.29 Å². The first-order valence-electron chi connectivity index (χ1n) is 4.51. The minimum atomic E-state index is -5.06. The highest BCUT2D eigenvalue weighted by Gasteiger charge is 2.33. The Morgan fingerprint density at radius 2 is 2.06 bits per heavy atom. The summed E-state index contributed by atoms with van der Waals surface area (Å²) in [5.74, 6) is -0.956. The molecule has 0 radical (unpaired) electrons. The lowest BCUT2D eigenvalue weighted by Gasteiger charge is -2.14. The maximum atomic E-state index is 12.5. The largest absolute Gasteiger partial charge is 0.573 e. The van der Waals surface area contributed by atoms with Crippen molar-refractivity contribution in [2.24, 2.45) is 5.73 Å². The fourth-order valence-electron chi connectivity index (χ4n) is 1.30. The zero-order chi connectivity index (χ0) is 13.9. The van der Waals surface area contributed by atoms with Crippen LogP contribution >= 0.6 is 0 Å². The molecule has 0 bridgehead atoms. The second-order valence-electron chi connectivity index (χ2n) is 3.07. The number of hydrogen-bond donors (Lipinski definition) is 1. The van der Waals surface area contributed by atoms with Crippen molar-refractivity contribution in [3.05, 3.63) is 23.0 Å². The zero-order valence-corrected chi connectivity index (χ0v) is 8.67. The first-order valence-corrected chi connectivity index (χ1v) is 4.51. The molecule has 1 aromatic rings. The highest BCUT2D eigenvalue weighted by molar-refractivity contribution is 5.82. The van der Waals surface area contributed by atoms with Gasteiger partial charge in [0.05, 0.1) is 11.8 Å². The van der Waals surface area contributed by atoms with Crippen LogP contribution in [-0.4, -0.2) is 17.6 Å². The number of hydrogen-bond acceptors (Lipinski definition) is 4. The number of aromatic nitrogens is 1. The summed E-state index contributed by atoms with van der Waals surface area (Å²) in [6, 6.07) is 0. The van der Waals surface area contributed by atoms with E-state index < -0.39 is 41.9 Å². The molecule has 0 saturated heterocycles. The standard InChI is InChI=1S/C9H7F5N2O2/c10-8(11)7-4(1-15)5(3-17)6(2-16-7)18-9(12,13)14/h2-3,8H,1,15H2. The van der Waals surface area contributed by atoms with E-state index in [0.29, 0.717) is 6.20 Å². The molecule has 0 aliphatic heterocycles. The van der Waals surface area contributed by atoms with Crippen LogP contribution in [-0.2, 0) is 6.54 Å². The smallest absolute Gasteiger partial charge is 0.403 e. The maximum Gasteiger partial charge on any atom is 0.573 e. The number of carbonyl (C=O) groups is 1. The van der Waals surface area contributed by atoms with Gasteiger partial charge in [0.2, 0.25) is 0 Å². The van der Waals surface area contributed by atoms with Crippen LogP contribution in [0, 0.1) is 0 Å². The van der Waals surface area contributed by atoms with Crippen LogP contribution in [0.15, 0.2) is 6.20 Å². The van der Waals surface area contributed by atoms with Crippen LogP contribution in [0.4, 0.5) is 22.0 Å². The Morgan fingerprint density at radius 3 is 2.44 bits per heavy atom. The highest BCUT2D eigenvalue weighted by Crippen LogP contribution is 2.31. The van der Waals surface area contributed by atoms with Gasteiger partial charge in [0.15, 0.2) is 12.0 Å². The summed E-state index contributed by atoms with van der Waals surface area (Å²) in [4.78, 5) is 13.8. The number of nitrogens with zero attached hydrogens (tertiary/aromatic N) is 1. The number of nitrogens with two attached hydrogens (primary N) is 1. The van der Waals surface area contributed by atoms with Crippen LogP contribution in [0.1, 0.15) is 28.0 Å². The SMILES string of the molecule is NCc1c(C(F)F)ncc(OC(F)(F)F)c1C=O. The molecule has 100 valence electrons. The third kappa shape index (κ3) is 3.13. The molecule has 9 heteroatoms. The number of rotatable bonds is 4. The molecule has 1 heterocycles. The molecule has 0 aliphatic carbocycles. The molecule has 0 aliphatic rings. The Bertz CT molecular complexity index is 447. The Balaban J connectivity index is 3.35. The Hall–Kier alpha value is -1.77. The van der Waals surface area contributed by atoms with Crippen molar-refractivity contribution in [3.8, 4) is 5.75 Å². The van der Waals surface area contributed by atoms with Gasteiger partial charge in [-0.2, -0.15) is 0 Å². The van der Waals surface area contributed by atoms with E-state index >= 15 is 0 Å². The van der Waals surface area contributed by atoms with Crippen molar-refractivity contribution in [1.82, 2.24) is 4.98 Å². The molecule has 1 rings (SSSR count). The minimum Gasteiger partial charge on any atom is -0.403 e. The predicted molar refractivity (Wildman–Crippen MR) is 49.2 cm³/mol. The Morgan fingerprint density at radius 1 is 1.44 bits per heavy atom. The number of alkyl halides is 5. The van der Waals surface area contributed by atoms with Crippen LogP contribution in [0.25, 0.3) is 0 Å². The lowest BCUT2D eigenvalue weighted by Crippen LogP contribution is -2.20. The van der Waals surface area contributed by atoms with Gasteiger partial charge in [-0.3, -0.25) is 9.78 Å². The molecule has 0 aromatic carbocycles. The molecule has 0 amide bonds. The fourth-order valence-corrected chi connectivity index (χ4v) is 1.30. The monoisotopic (exact) mass is 270 g/mol. The van der Waals surface area contributed by atoms with Gasteiger partial charge < -0.3 is 10.5 Å². The second-order valence-corrected chi connectivity index (χ2v) is 3.07. The molecule has 0 unspecified atom stereocenters. The molecular formula is C9H7F5N2O2. The molecule has 0 fully saturated rings. The fraction of sp³-hybridized carbons (Fsp3) is 0.333. The average molecular weight is 270 g/mol. The number of carbonyl (C=O) groups excluding carboxylic acids is 1.